The zero-order valence-electron chi connectivity index (χ0n) is 10.6. The molecule has 1 fully saturated rings. The molecule has 18 heavy (non-hydrogen) atoms. The van der Waals surface area contributed by atoms with E-state index in [2.05, 4.69) is 17.2 Å². The van der Waals surface area contributed by atoms with Crippen molar-refractivity contribution < 1.29 is 14.3 Å². The van der Waals surface area contributed by atoms with Crippen LogP contribution in [0.25, 0.3) is 0 Å². The van der Waals surface area contributed by atoms with E-state index in [4.69, 9.17) is 9.47 Å². The average molecular weight is 270 g/mol. The maximum absolute atomic E-state index is 11.4. The first-order valence-corrected chi connectivity index (χ1v) is 7.06. The molecule has 1 aromatic rings. The van der Waals surface area contributed by atoms with Gasteiger partial charge in [0, 0.05) is 24.4 Å². The van der Waals surface area contributed by atoms with E-state index < -0.39 is 0 Å². The summed E-state index contributed by atoms with van der Waals surface area (Å²) in [5, 5.41) is 5.73. The molecule has 2 heterocycles. The number of nitrogens with one attached hydrogen (secondary N) is 1. The fraction of sp³-hybridized carbons (Fsp3) is 0.667. The molecule has 5 nitrogen and oxygen atoms in total. The summed E-state index contributed by atoms with van der Waals surface area (Å²) in [4.78, 5) is 15.7. The SMILES string of the molecule is CCOC(=O)c1csc(NCC2CCOC2C)n1. The maximum atomic E-state index is 11.4. The number of hydrogen-bond donors (Lipinski definition) is 1. The van der Waals surface area contributed by atoms with Gasteiger partial charge in [0.1, 0.15) is 0 Å². The van der Waals surface area contributed by atoms with Crippen molar-refractivity contribution in [2.24, 2.45) is 5.92 Å². The average Bonchev–Trinajstić information content (AvgIpc) is 2.96. The molecule has 6 heteroatoms. The standard InChI is InChI=1S/C12H18N2O3S/c1-3-16-11(15)10-7-18-12(14-10)13-6-9-4-5-17-8(9)2/h7-9H,3-6H2,1-2H3,(H,13,14). The number of carbonyl (C=O) groups excluding carboxylic acids is 1. The Hall–Kier alpha value is -1.14. The van der Waals surface area contributed by atoms with E-state index in [-0.39, 0.29) is 5.97 Å². The molecule has 0 aliphatic carbocycles. The second-order valence-electron chi connectivity index (χ2n) is 4.26. The van der Waals surface area contributed by atoms with Crippen molar-refractivity contribution in [1.29, 1.82) is 0 Å². The molecule has 100 valence electrons. The molecular weight excluding hydrogens is 252 g/mol. The second-order valence-corrected chi connectivity index (χ2v) is 5.12. The smallest absolute Gasteiger partial charge is 0.357 e. The molecule has 2 rings (SSSR count). The van der Waals surface area contributed by atoms with E-state index >= 15 is 0 Å². The van der Waals surface area contributed by atoms with Crippen LogP contribution < -0.4 is 5.32 Å². The molecule has 1 aliphatic heterocycles. The van der Waals surface area contributed by atoms with Crippen LogP contribution in [-0.2, 0) is 9.47 Å². The summed E-state index contributed by atoms with van der Waals surface area (Å²) in [6, 6.07) is 0. The predicted octanol–water partition coefficient (Wildman–Crippen LogP) is 2.16. The lowest BCUT2D eigenvalue weighted by Gasteiger charge is -2.13. The molecule has 0 spiro atoms. The molecular formula is C12H18N2O3S. The molecule has 0 radical (unpaired) electrons. The molecule has 1 aliphatic rings. The highest BCUT2D eigenvalue weighted by Crippen LogP contribution is 2.22. The van der Waals surface area contributed by atoms with E-state index in [1.54, 1.807) is 12.3 Å². The van der Waals surface area contributed by atoms with Crippen LogP contribution in [0.15, 0.2) is 5.38 Å². The van der Waals surface area contributed by atoms with Gasteiger partial charge >= 0.3 is 5.97 Å². The number of thiazole rings is 1. The monoisotopic (exact) mass is 270 g/mol. The third-order valence-corrected chi connectivity index (χ3v) is 3.84. The number of rotatable bonds is 5. The van der Waals surface area contributed by atoms with Crippen LogP contribution in [-0.4, -0.2) is 36.8 Å². The van der Waals surface area contributed by atoms with Crippen molar-refractivity contribution in [1.82, 2.24) is 4.98 Å². The Kier molecular flexibility index (Phi) is 4.54. The fourth-order valence-electron chi connectivity index (χ4n) is 1.92. The quantitative estimate of drug-likeness (QED) is 0.831. The topological polar surface area (TPSA) is 60.5 Å². The van der Waals surface area contributed by atoms with Gasteiger partial charge in [-0.05, 0) is 20.3 Å². The van der Waals surface area contributed by atoms with Crippen LogP contribution in [0.2, 0.25) is 0 Å². The molecule has 1 N–H and O–H groups in total. The van der Waals surface area contributed by atoms with Crippen molar-refractivity contribution in [3.63, 3.8) is 0 Å². The van der Waals surface area contributed by atoms with E-state index in [0.29, 0.717) is 24.3 Å². The van der Waals surface area contributed by atoms with Crippen LogP contribution in [0.4, 0.5) is 5.13 Å². The molecule has 0 bridgehead atoms. The summed E-state index contributed by atoms with van der Waals surface area (Å²) in [7, 11) is 0. The molecule has 2 unspecified atom stereocenters. The number of aromatic nitrogens is 1. The van der Waals surface area contributed by atoms with E-state index in [9.17, 15) is 4.79 Å². The van der Waals surface area contributed by atoms with Crippen molar-refractivity contribution >= 4 is 22.4 Å². The number of esters is 1. The van der Waals surface area contributed by atoms with Gasteiger partial charge in [-0.2, -0.15) is 0 Å². The number of hydrogen-bond acceptors (Lipinski definition) is 6. The lowest BCUT2D eigenvalue weighted by molar-refractivity contribution is 0.0520. The number of anilines is 1. The zero-order valence-corrected chi connectivity index (χ0v) is 11.5. The van der Waals surface area contributed by atoms with Crippen LogP contribution in [0.5, 0.6) is 0 Å². The van der Waals surface area contributed by atoms with E-state index in [0.717, 1.165) is 24.7 Å². The first-order chi connectivity index (χ1) is 8.70. The minimum atomic E-state index is -0.362. The lowest BCUT2D eigenvalue weighted by atomic mass is 10.0. The minimum Gasteiger partial charge on any atom is -0.461 e. The van der Waals surface area contributed by atoms with E-state index in [1.165, 1.54) is 11.3 Å². The summed E-state index contributed by atoms with van der Waals surface area (Å²) in [5.41, 5.74) is 0.375. The van der Waals surface area contributed by atoms with Crippen LogP contribution >= 0.6 is 11.3 Å². The van der Waals surface area contributed by atoms with Gasteiger partial charge in [-0.3, -0.25) is 0 Å². The molecule has 2 atom stereocenters. The van der Waals surface area contributed by atoms with Crippen LogP contribution in [0.3, 0.4) is 0 Å². The summed E-state index contributed by atoms with van der Waals surface area (Å²) in [5.74, 6) is 0.152. The predicted molar refractivity (Wildman–Crippen MR) is 70.1 cm³/mol. The van der Waals surface area contributed by atoms with Gasteiger partial charge in [0.05, 0.1) is 12.7 Å². The molecule has 1 saturated heterocycles. The molecule has 1 aromatic heterocycles. The van der Waals surface area contributed by atoms with Gasteiger partial charge in [-0.25, -0.2) is 9.78 Å². The number of ether oxygens (including phenoxy) is 2. The Morgan fingerprint density at radius 3 is 3.22 bits per heavy atom. The van der Waals surface area contributed by atoms with Crippen molar-refractivity contribution in [2.75, 3.05) is 25.1 Å². The van der Waals surface area contributed by atoms with E-state index in [1.807, 2.05) is 0 Å². The zero-order chi connectivity index (χ0) is 13.0. The summed E-state index contributed by atoms with van der Waals surface area (Å²) in [6.45, 7) is 5.91. The van der Waals surface area contributed by atoms with Gasteiger partial charge in [-0.1, -0.05) is 0 Å². The summed E-state index contributed by atoms with van der Waals surface area (Å²) >= 11 is 1.42. The number of carbonyl (C=O) groups is 1. The fourth-order valence-corrected chi connectivity index (χ4v) is 2.61. The maximum Gasteiger partial charge on any atom is 0.357 e. The highest BCUT2D eigenvalue weighted by atomic mass is 32.1. The lowest BCUT2D eigenvalue weighted by Crippen LogP contribution is -2.20. The minimum absolute atomic E-state index is 0.294. The van der Waals surface area contributed by atoms with Gasteiger partial charge in [0.25, 0.3) is 0 Å². The highest BCUT2D eigenvalue weighted by Gasteiger charge is 2.24. The first-order valence-electron chi connectivity index (χ1n) is 6.18. The van der Waals surface area contributed by atoms with Crippen LogP contribution in [0.1, 0.15) is 30.8 Å². The molecule has 0 amide bonds. The van der Waals surface area contributed by atoms with Gasteiger partial charge in [-0.15, -0.1) is 11.3 Å². The Morgan fingerprint density at radius 1 is 1.72 bits per heavy atom. The summed E-state index contributed by atoms with van der Waals surface area (Å²) in [6.07, 6.45) is 1.37. The summed E-state index contributed by atoms with van der Waals surface area (Å²) < 4.78 is 10.4. The first kappa shape index (κ1) is 13.3. The van der Waals surface area contributed by atoms with Gasteiger partial charge in [0.2, 0.25) is 0 Å². The number of nitrogens with zero attached hydrogens (tertiary/aromatic N) is 1. The Morgan fingerprint density at radius 2 is 2.56 bits per heavy atom. The highest BCUT2D eigenvalue weighted by molar-refractivity contribution is 7.13. The molecule has 0 saturated carbocycles. The Bertz CT molecular complexity index is 408. The molecule has 0 aromatic carbocycles. The largest absolute Gasteiger partial charge is 0.461 e. The van der Waals surface area contributed by atoms with Gasteiger partial charge in [0.15, 0.2) is 10.8 Å². The van der Waals surface area contributed by atoms with Gasteiger partial charge < -0.3 is 14.8 Å². The third kappa shape index (κ3) is 3.20. The second kappa shape index (κ2) is 6.15. The third-order valence-electron chi connectivity index (χ3n) is 3.04. The normalized spacial score (nSPS) is 23.0. The Balaban J connectivity index is 1.85. The van der Waals surface area contributed by atoms with Crippen molar-refractivity contribution in [3.8, 4) is 0 Å². The van der Waals surface area contributed by atoms with Crippen molar-refractivity contribution in [2.45, 2.75) is 26.4 Å². The van der Waals surface area contributed by atoms with Crippen LogP contribution in [0, 0.1) is 5.92 Å². The van der Waals surface area contributed by atoms with Crippen molar-refractivity contribution in [3.05, 3.63) is 11.1 Å². The Labute approximate surface area is 111 Å².